The van der Waals surface area contributed by atoms with Crippen LogP contribution in [0.3, 0.4) is 0 Å². The molecule has 5 nitrogen and oxygen atoms in total. The first-order valence-electron chi connectivity index (χ1n) is 10.9. The van der Waals surface area contributed by atoms with Crippen LogP contribution < -0.4 is 0 Å². The van der Waals surface area contributed by atoms with E-state index >= 15 is 0 Å². The molecule has 1 aromatic heterocycles. The zero-order chi connectivity index (χ0) is 24.0. The molecule has 3 rings (SSSR count). The lowest BCUT2D eigenvalue weighted by molar-refractivity contribution is -0.133. The molecule has 0 aliphatic rings. The zero-order valence-corrected chi connectivity index (χ0v) is 20.7. The molecular formula is C26H29Cl2N3O2. The molecule has 0 N–H and O–H groups in total. The molecule has 0 fully saturated rings. The molecule has 0 saturated carbocycles. The van der Waals surface area contributed by atoms with Gasteiger partial charge in [0.25, 0.3) is 5.91 Å². The summed E-state index contributed by atoms with van der Waals surface area (Å²) in [5, 5.41) is 0.771. The van der Waals surface area contributed by atoms with Crippen LogP contribution in [0, 0.1) is 5.92 Å². The second-order valence-corrected chi connectivity index (χ2v) is 9.46. The summed E-state index contributed by atoms with van der Waals surface area (Å²) in [6.45, 7) is 5.35. The molecule has 0 aliphatic carbocycles. The summed E-state index contributed by atoms with van der Waals surface area (Å²) >= 11 is 12.2. The molecule has 2 aromatic carbocycles. The van der Waals surface area contributed by atoms with E-state index in [0.717, 1.165) is 11.3 Å². The van der Waals surface area contributed by atoms with Crippen LogP contribution in [0.2, 0.25) is 10.0 Å². The Morgan fingerprint density at radius 3 is 2.15 bits per heavy atom. The van der Waals surface area contributed by atoms with E-state index in [1.54, 1.807) is 28.0 Å². The summed E-state index contributed by atoms with van der Waals surface area (Å²) in [5.74, 6) is -0.200. The van der Waals surface area contributed by atoms with Gasteiger partial charge in [0.15, 0.2) is 0 Å². The molecule has 0 saturated heterocycles. The van der Waals surface area contributed by atoms with E-state index in [2.05, 4.69) is 0 Å². The third-order valence-corrected chi connectivity index (χ3v) is 5.72. The number of benzene rings is 2. The first kappa shape index (κ1) is 24.9. The van der Waals surface area contributed by atoms with Crippen molar-refractivity contribution < 1.29 is 9.59 Å². The van der Waals surface area contributed by atoms with E-state index in [1.165, 1.54) is 0 Å². The van der Waals surface area contributed by atoms with Gasteiger partial charge in [0, 0.05) is 47.6 Å². The quantitative estimate of drug-likeness (QED) is 0.392. The van der Waals surface area contributed by atoms with Crippen molar-refractivity contribution >= 4 is 35.0 Å². The predicted octanol–water partition coefficient (Wildman–Crippen LogP) is 5.66. The highest BCUT2D eigenvalue weighted by Crippen LogP contribution is 2.21. The summed E-state index contributed by atoms with van der Waals surface area (Å²) in [6.07, 6.45) is 1.96. The van der Waals surface area contributed by atoms with Gasteiger partial charge in [-0.2, -0.15) is 0 Å². The van der Waals surface area contributed by atoms with Crippen LogP contribution in [0.5, 0.6) is 0 Å². The van der Waals surface area contributed by atoms with E-state index < -0.39 is 0 Å². The second-order valence-electron chi connectivity index (χ2n) is 8.58. The molecule has 3 aromatic rings. The maximum atomic E-state index is 13.5. The van der Waals surface area contributed by atoms with Gasteiger partial charge in [-0.15, -0.1) is 0 Å². The van der Waals surface area contributed by atoms with Gasteiger partial charge in [0.1, 0.15) is 6.54 Å². The summed E-state index contributed by atoms with van der Waals surface area (Å²) in [5.41, 5.74) is 2.42. The number of aromatic nitrogens is 1. The number of nitrogens with zero attached hydrogens (tertiary/aromatic N) is 3. The lowest BCUT2D eigenvalue weighted by Crippen LogP contribution is -2.44. The Labute approximate surface area is 205 Å². The number of amides is 2. The number of hydrogen-bond donors (Lipinski definition) is 0. The van der Waals surface area contributed by atoms with Crippen molar-refractivity contribution in [1.29, 1.82) is 0 Å². The third-order valence-electron chi connectivity index (χ3n) is 5.28. The van der Waals surface area contributed by atoms with Crippen LogP contribution in [0.25, 0.3) is 0 Å². The average Bonchev–Trinajstić information content (AvgIpc) is 3.16. The van der Waals surface area contributed by atoms with Gasteiger partial charge in [-0.25, -0.2) is 0 Å². The summed E-state index contributed by atoms with van der Waals surface area (Å²) < 4.78 is 2.00. The SMILES string of the molecule is CC(C)CN(CC(=O)N(Cc1ccccc1)Cc1cccn1C)C(=O)c1cc(Cl)cc(Cl)c1. The molecule has 0 spiro atoms. The molecule has 0 unspecified atom stereocenters. The maximum absolute atomic E-state index is 13.5. The highest BCUT2D eigenvalue weighted by Gasteiger charge is 2.24. The number of carbonyl (C=O) groups excluding carboxylic acids is 2. The molecule has 7 heteroatoms. The Bertz CT molecular complexity index is 1080. The topological polar surface area (TPSA) is 45.6 Å². The molecular weight excluding hydrogens is 457 g/mol. The van der Waals surface area contributed by atoms with Crippen LogP contribution in [-0.2, 0) is 24.9 Å². The van der Waals surface area contributed by atoms with Crippen molar-refractivity contribution in [1.82, 2.24) is 14.4 Å². The minimum Gasteiger partial charge on any atom is -0.353 e. The van der Waals surface area contributed by atoms with Crippen LogP contribution in [0.15, 0.2) is 66.9 Å². The Hall–Kier alpha value is -2.76. The molecule has 1 heterocycles. The monoisotopic (exact) mass is 485 g/mol. The van der Waals surface area contributed by atoms with Crippen molar-refractivity contribution in [3.8, 4) is 0 Å². The summed E-state index contributed by atoms with van der Waals surface area (Å²) in [7, 11) is 1.96. The molecule has 0 aliphatic heterocycles. The normalized spacial score (nSPS) is 11.0. The van der Waals surface area contributed by atoms with E-state index in [-0.39, 0.29) is 24.3 Å². The Kier molecular flexibility index (Phi) is 8.59. The number of carbonyl (C=O) groups is 2. The predicted molar refractivity (Wildman–Crippen MR) is 133 cm³/mol. The minimum atomic E-state index is -0.264. The molecule has 0 radical (unpaired) electrons. The number of aryl methyl sites for hydroxylation is 1. The summed E-state index contributed by atoms with van der Waals surface area (Å²) in [6, 6.07) is 18.6. The lowest BCUT2D eigenvalue weighted by Gasteiger charge is -2.29. The first-order valence-corrected chi connectivity index (χ1v) is 11.7. The fourth-order valence-corrected chi connectivity index (χ4v) is 4.20. The Morgan fingerprint density at radius 2 is 1.58 bits per heavy atom. The fourth-order valence-electron chi connectivity index (χ4n) is 3.68. The van der Waals surface area contributed by atoms with E-state index in [4.69, 9.17) is 23.2 Å². The smallest absolute Gasteiger partial charge is 0.254 e. The Balaban J connectivity index is 1.85. The summed E-state index contributed by atoms with van der Waals surface area (Å²) in [4.78, 5) is 30.2. The highest BCUT2D eigenvalue weighted by molar-refractivity contribution is 6.35. The van der Waals surface area contributed by atoms with Gasteiger partial charge in [-0.3, -0.25) is 9.59 Å². The molecule has 33 heavy (non-hydrogen) atoms. The van der Waals surface area contributed by atoms with Gasteiger partial charge in [0.05, 0.1) is 6.54 Å². The van der Waals surface area contributed by atoms with E-state index in [1.807, 2.05) is 74.1 Å². The van der Waals surface area contributed by atoms with Crippen LogP contribution in [0.1, 0.15) is 35.5 Å². The van der Waals surface area contributed by atoms with Gasteiger partial charge in [-0.1, -0.05) is 67.4 Å². The van der Waals surface area contributed by atoms with Gasteiger partial charge >= 0.3 is 0 Å². The fraction of sp³-hybridized carbons (Fsp3) is 0.308. The van der Waals surface area contributed by atoms with Crippen molar-refractivity contribution in [2.75, 3.05) is 13.1 Å². The standard InChI is InChI=1S/C26H29Cl2N3O2/c1-19(2)15-31(26(33)21-12-22(27)14-23(28)13-21)18-25(32)30(16-20-8-5-4-6-9-20)17-24-10-7-11-29(24)3/h4-14,19H,15-18H2,1-3H3. The van der Waals surface area contributed by atoms with Gasteiger partial charge < -0.3 is 14.4 Å². The number of halogens is 2. The number of hydrogen-bond acceptors (Lipinski definition) is 2. The highest BCUT2D eigenvalue weighted by atomic mass is 35.5. The van der Waals surface area contributed by atoms with Gasteiger partial charge in [-0.05, 0) is 41.8 Å². The van der Waals surface area contributed by atoms with Crippen molar-refractivity contribution in [2.45, 2.75) is 26.9 Å². The average molecular weight is 486 g/mol. The molecule has 0 atom stereocenters. The zero-order valence-electron chi connectivity index (χ0n) is 19.2. The minimum absolute atomic E-state index is 0.0294. The van der Waals surface area contributed by atoms with E-state index in [0.29, 0.717) is 35.2 Å². The van der Waals surface area contributed by atoms with Crippen molar-refractivity contribution in [3.63, 3.8) is 0 Å². The Morgan fingerprint density at radius 1 is 0.909 bits per heavy atom. The third kappa shape index (κ3) is 7.11. The second kappa shape index (κ2) is 11.4. The first-order chi connectivity index (χ1) is 15.7. The largest absolute Gasteiger partial charge is 0.353 e. The molecule has 0 bridgehead atoms. The molecule has 2 amide bonds. The molecule has 174 valence electrons. The number of rotatable bonds is 9. The van der Waals surface area contributed by atoms with Crippen LogP contribution in [-0.4, -0.2) is 39.3 Å². The van der Waals surface area contributed by atoms with Gasteiger partial charge in [0.2, 0.25) is 5.91 Å². The van der Waals surface area contributed by atoms with Crippen LogP contribution in [0.4, 0.5) is 0 Å². The lowest BCUT2D eigenvalue weighted by atomic mass is 10.1. The van der Waals surface area contributed by atoms with Crippen molar-refractivity contribution in [3.05, 3.63) is 93.7 Å². The maximum Gasteiger partial charge on any atom is 0.254 e. The van der Waals surface area contributed by atoms with Crippen molar-refractivity contribution in [2.24, 2.45) is 13.0 Å². The van der Waals surface area contributed by atoms with Crippen LogP contribution >= 0.6 is 23.2 Å². The van der Waals surface area contributed by atoms with E-state index in [9.17, 15) is 9.59 Å².